The molecule has 3 heteroatoms. The minimum absolute atomic E-state index is 0.312. The number of hydrogen-bond donors (Lipinski definition) is 2. The van der Waals surface area contributed by atoms with E-state index in [2.05, 4.69) is 10.2 Å². The molecule has 2 aliphatic rings. The van der Waals surface area contributed by atoms with E-state index in [0.717, 1.165) is 31.7 Å². The second-order valence-electron chi connectivity index (χ2n) is 5.63. The summed E-state index contributed by atoms with van der Waals surface area (Å²) in [4.78, 5) is 2.52. The molecule has 0 aliphatic heterocycles. The fraction of sp³-hybridized carbons (Fsp3) is 1.00. The molecule has 2 rings (SSSR count). The highest BCUT2D eigenvalue weighted by molar-refractivity contribution is 4.81. The Morgan fingerprint density at radius 1 is 1.00 bits per heavy atom. The van der Waals surface area contributed by atoms with Crippen LogP contribution < -0.4 is 5.32 Å². The number of aliphatic hydroxyl groups is 1. The summed E-state index contributed by atoms with van der Waals surface area (Å²) in [6, 6.07) is 1.58. The number of rotatable bonds is 8. The third kappa shape index (κ3) is 4.94. The van der Waals surface area contributed by atoms with Crippen molar-refractivity contribution in [1.29, 1.82) is 0 Å². The van der Waals surface area contributed by atoms with Gasteiger partial charge in [-0.3, -0.25) is 4.90 Å². The first-order valence-electron chi connectivity index (χ1n) is 7.48. The number of nitrogens with zero attached hydrogens (tertiary/aromatic N) is 1. The normalized spacial score (nSPS) is 22.2. The summed E-state index contributed by atoms with van der Waals surface area (Å²) in [7, 11) is 0. The van der Waals surface area contributed by atoms with Gasteiger partial charge in [0.15, 0.2) is 0 Å². The Morgan fingerprint density at radius 3 is 2.41 bits per heavy atom. The zero-order valence-electron chi connectivity index (χ0n) is 11.0. The molecule has 0 unspecified atom stereocenters. The van der Waals surface area contributed by atoms with E-state index < -0.39 is 0 Å². The van der Waals surface area contributed by atoms with Crippen LogP contribution in [-0.4, -0.2) is 48.3 Å². The minimum Gasteiger partial charge on any atom is -0.395 e. The summed E-state index contributed by atoms with van der Waals surface area (Å²) in [6.45, 7) is 3.49. The Kier molecular flexibility index (Phi) is 5.75. The fourth-order valence-electron chi connectivity index (χ4n) is 2.93. The van der Waals surface area contributed by atoms with Crippen molar-refractivity contribution in [2.45, 2.75) is 63.5 Å². The van der Waals surface area contributed by atoms with E-state index in [4.69, 9.17) is 5.11 Å². The molecule has 3 nitrogen and oxygen atoms in total. The van der Waals surface area contributed by atoms with Gasteiger partial charge >= 0.3 is 0 Å². The summed E-state index contributed by atoms with van der Waals surface area (Å²) < 4.78 is 0. The highest BCUT2D eigenvalue weighted by Crippen LogP contribution is 2.22. The van der Waals surface area contributed by atoms with Crippen molar-refractivity contribution in [1.82, 2.24) is 10.2 Å². The third-order valence-electron chi connectivity index (χ3n) is 4.11. The second kappa shape index (κ2) is 7.34. The fourth-order valence-corrected chi connectivity index (χ4v) is 2.93. The molecular weight excluding hydrogens is 212 g/mol. The van der Waals surface area contributed by atoms with E-state index in [1.807, 2.05) is 0 Å². The average molecular weight is 240 g/mol. The van der Waals surface area contributed by atoms with E-state index >= 15 is 0 Å². The minimum atomic E-state index is 0.312. The lowest BCUT2D eigenvalue weighted by Crippen LogP contribution is -2.40. The molecule has 17 heavy (non-hydrogen) atoms. The Labute approximate surface area is 106 Å². The molecule has 2 saturated carbocycles. The monoisotopic (exact) mass is 240 g/mol. The van der Waals surface area contributed by atoms with Crippen molar-refractivity contribution < 1.29 is 5.11 Å². The van der Waals surface area contributed by atoms with Gasteiger partial charge in [0.05, 0.1) is 6.61 Å². The summed E-state index contributed by atoms with van der Waals surface area (Å²) in [6.07, 6.45) is 10.8. The summed E-state index contributed by atoms with van der Waals surface area (Å²) in [5.41, 5.74) is 0. The predicted octanol–water partition coefficient (Wildman–Crippen LogP) is 1.76. The smallest absolute Gasteiger partial charge is 0.0558 e. The maximum atomic E-state index is 9.16. The van der Waals surface area contributed by atoms with Crippen LogP contribution in [-0.2, 0) is 0 Å². The molecule has 0 atom stereocenters. The number of hydrogen-bond acceptors (Lipinski definition) is 3. The van der Waals surface area contributed by atoms with Gasteiger partial charge in [-0.2, -0.15) is 0 Å². The van der Waals surface area contributed by atoms with Crippen molar-refractivity contribution in [3.05, 3.63) is 0 Å². The van der Waals surface area contributed by atoms with Crippen LogP contribution in [0.2, 0.25) is 0 Å². The molecule has 2 fully saturated rings. The molecular formula is C14H28N2O. The maximum Gasteiger partial charge on any atom is 0.0558 e. The second-order valence-corrected chi connectivity index (χ2v) is 5.63. The molecule has 2 N–H and O–H groups in total. The quantitative estimate of drug-likeness (QED) is 0.635. The average Bonchev–Trinajstić information content (AvgIpc) is 3.18. The van der Waals surface area contributed by atoms with Gasteiger partial charge in [-0.05, 0) is 45.2 Å². The highest BCUT2D eigenvalue weighted by atomic mass is 16.3. The maximum absolute atomic E-state index is 9.16. The van der Waals surface area contributed by atoms with Gasteiger partial charge in [0.2, 0.25) is 0 Å². The molecule has 0 saturated heterocycles. The van der Waals surface area contributed by atoms with Gasteiger partial charge < -0.3 is 10.4 Å². The van der Waals surface area contributed by atoms with Gasteiger partial charge in [0.1, 0.15) is 0 Å². The topological polar surface area (TPSA) is 35.5 Å². The van der Waals surface area contributed by atoms with E-state index in [-0.39, 0.29) is 0 Å². The van der Waals surface area contributed by atoms with Crippen LogP contribution in [0.15, 0.2) is 0 Å². The van der Waals surface area contributed by atoms with Crippen LogP contribution in [0, 0.1) is 0 Å². The van der Waals surface area contributed by atoms with E-state index in [1.54, 1.807) is 0 Å². The Bertz CT molecular complexity index is 200. The molecule has 0 radical (unpaired) electrons. The zero-order chi connectivity index (χ0) is 11.9. The molecule has 0 spiro atoms. The molecule has 0 heterocycles. The molecule has 0 aromatic rings. The first-order chi connectivity index (χ1) is 8.40. The third-order valence-corrected chi connectivity index (χ3v) is 4.11. The molecule has 0 aromatic carbocycles. The molecule has 100 valence electrons. The van der Waals surface area contributed by atoms with E-state index in [1.165, 1.54) is 51.4 Å². The first-order valence-corrected chi connectivity index (χ1v) is 7.48. The van der Waals surface area contributed by atoms with Gasteiger partial charge in [-0.25, -0.2) is 0 Å². The lowest BCUT2D eigenvalue weighted by molar-refractivity contribution is 0.122. The van der Waals surface area contributed by atoms with E-state index in [0.29, 0.717) is 6.61 Å². The summed E-state index contributed by atoms with van der Waals surface area (Å²) in [5, 5.41) is 12.7. The van der Waals surface area contributed by atoms with Gasteiger partial charge in [-0.1, -0.05) is 19.3 Å². The van der Waals surface area contributed by atoms with Crippen molar-refractivity contribution in [2.75, 3.05) is 26.2 Å². The predicted molar refractivity (Wildman–Crippen MR) is 71.2 cm³/mol. The largest absolute Gasteiger partial charge is 0.395 e. The lowest BCUT2D eigenvalue weighted by atomic mass is 9.94. The number of aliphatic hydroxyl groups excluding tert-OH is 1. The van der Waals surface area contributed by atoms with Crippen LogP contribution in [0.1, 0.15) is 51.4 Å². The summed E-state index contributed by atoms with van der Waals surface area (Å²) in [5.74, 6) is 0. The van der Waals surface area contributed by atoms with Crippen LogP contribution in [0.25, 0.3) is 0 Å². The van der Waals surface area contributed by atoms with Crippen LogP contribution in [0.5, 0.6) is 0 Å². The van der Waals surface area contributed by atoms with Gasteiger partial charge in [0.25, 0.3) is 0 Å². The summed E-state index contributed by atoms with van der Waals surface area (Å²) >= 11 is 0. The van der Waals surface area contributed by atoms with Crippen LogP contribution in [0.4, 0.5) is 0 Å². The molecule has 2 aliphatic carbocycles. The SMILES string of the molecule is OCCN(CCCNC1CC1)C1CCCCC1. The Morgan fingerprint density at radius 2 is 1.76 bits per heavy atom. The Hall–Kier alpha value is -0.120. The Balaban J connectivity index is 1.63. The van der Waals surface area contributed by atoms with Crippen molar-refractivity contribution in [2.24, 2.45) is 0 Å². The van der Waals surface area contributed by atoms with Crippen LogP contribution >= 0.6 is 0 Å². The van der Waals surface area contributed by atoms with Crippen molar-refractivity contribution >= 4 is 0 Å². The molecule has 0 aromatic heterocycles. The number of nitrogens with one attached hydrogen (secondary N) is 1. The molecule has 0 bridgehead atoms. The first kappa shape index (κ1) is 13.3. The zero-order valence-corrected chi connectivity index (χ0v) is 11.0. The molecule has 0 amide bonds. The standard InChI is InChI=1S/C14H28N2O/c17-12-11-16(14-5-2-1-3-6-14)10-4-9-15-13-7-8-13/h13-15,17H,1-12H2. The van der Waals surface area contributed by atoms with Gasteiger partial charge in [-0.15, -0.1) is 0 Å². The van der Waals surface area contributed by atoms with E-state index in [9.17, 15) is 0 Å². The van der Waals surface area contributed by atoms with Crippen LogP contribution in [0.3, 0.4) is 0 Å². The lowest BCUT2D eigenvalue weighted by Gasteiger charge is -2.34. The highest BCUT2D eigenvalue weighted by Gasteiger charge is 2.21. The van der Waals surface area contributed by atoms with Crippen molar-refractivity contribution in [3.63, 3.8) is 0 Å². The van der Waals surface area contributed by atoms with Gasteiger partial charge in [0, 0.05) is 18.6 Å². The van der Waals surface area contributed by atoms with Crippen molar-refractivity contribution in [3.8, 4) is 0 Å².